The molecule has 0 aromatic carbocycles. The van der Waals surface area contributed by atoms with E-state index in [9.17, 15) is 4.79 Å². The van der Waals surface area contributed by atoms with Gasteiger partial charge in [0.25, 0.3) is 0 Å². The molecule has 9 nitrogen and oxygen atoms in total. The molecular weight excluding hydrogens is 523 g/mol. The van der Waals surface area contributed by atoms with Gasteiger partial charge < -0.3 is 24.8 Å². The van der Waals surface area contributed by atoms with Crippen molar-refractivity contribution >= 4 is 36.0 Å². The average Bonchev–Trinajstić information content (AvgIpc) is 3.22. The van der Waals surface area contributed by atoms with Gasteiger partial charge in [-0.15, -0.1) is 24.0 Å². The summed E-state index contributed by atoms with van der Waals surface area (Å²) in [7, 11) is 0. The van der Waals surface area contributed by atoms with Crippen LogP contribution in [0.1, 0.15) is 60.1 Å². The molecule has 2 rings (SSSR count). The van der Waals surface area contributed by atoms with Crippen LogP contribution in [0.2, 0.25) is 0 Å². The Labute approximate surface area is 209 Å². The van der Waals surface area contributed by atoms with Crippen LogP contribution >= 0.6 is 24.0 Å². The smallest absolute Gasteiger partial charge is 0.408 e. The molecule has 0 aliphatic carbocycles. The van der Waals surface area contributed by atoms with Crippen LogP contribution in [0.5, 0.6) is 0 Å². The van der Waals surface area contributed by atoms with Crippen LogP contribution in [-0.2, 0) is 11.3 Å². The molecular formula is C22H41IN6O3. The molecule has 184 valence electrons. The SMILES string of the molecule is CCNC(=NCC(CC)(CC)NC(=O)OC(C)(C)C)N1CCN(Cc2ccon2)CC1.I. The van der Waals surface area contributed by atoms with Crippen LogP contribution in [-0.4, -0.2) is 77.4 Å². The second-order valence-corrected chi connectivity index (χ2v) is 9.04. The van der Waals surface area contributed by atoms with E-state index in [-0.39, 0.29) is 24.0 Å². The van der Waals surface area contributed by atoms with E-state index in [4.69, 9.17) is 14.3 Å². The molecule has 0 unspecified atom stereocenters. The van der Waals surface area contributed by atoms with Crippen molar-refractivity contribution < 1.29 is 14.1 Å². The maximum Gasteiger partial charge on any atom is 0.408 e. The Balaban J connectivity index is 0.00000512. The largest absolute Gasteiger partial charge is 0.444 e. The molecule has 10 heteroatoms. The number of aromatic nitrogens is 1. The minimum atomic E-state index is -0.527. The Morgan fingerprint density at radius 1 is 1.19 bits per heavy atom. The molecule has 1 fully saturated rings. The zero-order valence-electron chi connectivity index (χ0n) is 20.4. The van der Waals surface area contributed by atoms with E-state index in [0.29, 0.717) is 6.54 Å². The van der Waals surface area contributed by atoms with Crippen molar-refractivity contribution in [2.24, 2.45) is 4.99 Å². The van der Waals surface area contributed by atoms with Crippen LogP contribution < -0.4 is 10.6 Å². The highest BCUT2D eigenvalue weighted by Crippen LogP contribution is 2.18. The molecule has 1 aromatic heterocycles. The van der Waals surface area contributed by atoms with Crippen molar-refractivity contribution in [3.8, 4) is 0 Å². The molecule has 0 atom stereocenters. The second kappa shape index (κ2) is 13.2. The lowest BCUT2D eigenvalue weighted by Gasteiger charge is -2.37. The van der Waals surface area contributed by atoms with Crippen LogP contribution in [0.25, 0.3) is 0 Å². The molecule has 0 saturated carbocycles. The number of nitrogens with one attached hydrogen (secondary N) is 2. The zero-order chi connectivity index (χ0) is 22.9. The van der Waals surface area contributed by atoms with Gasteiger partial charge in [-0.25, -0.2) is 4.79 Å². The van der Waals surface area contributed by atoms with E-state index >= 15 is 0 Å². The van der Waals surface area contributed by atoms with Gasteiger partial charge in [0.1, 0.15) is 11.9 Å². The second-order valence-electron chi connectivity index (χ2n) is 9.04. The molecule has 2 heterocycles. The summed E-state index contributed by atoms with van der Waals surface area (Å²) in [4.78, 5) is 22.0. The number of aliphatic imine (C=N–C) groups is 1. The molecule has 0 radical (unpaired) electrons. The fourth-order valence-corrected chi connectivity index (χ4v) is 3.53. The topological polar surface area (TPSA) is 95.2 Å². The van der Waals surface area contributed by atoms with Crippen molar-refractivity contribution in [3.05, 3.63) is 18.0 Å². The monoisotopic (exact) mass is 564 g/mol. The lowest BCUT2D eigenvalue weighted by Crippen LogP contribution is -2.54. The highest BCUT2D eigenvalue weighted by Gasteiger charge is 2.31. The molecule has 0 bridgehead atoms. The van der Waals surface area contributed by atoms with Gasteiger partial charge in [-0.05, 0) is 40.5 Å². The highest BCUT2D eigenvalue weighted by molar-refractivity contribution is 14.0. The Bertz CT molecular complexity index is 693. The number of halogens is 1. The summed E-state index contributed by atoms with van der Waals surface area (Å²) in [6.07, 6.45) is 2.77. The van der Waals surface area contributed by atoms with Gasteiger partial charge in [-0.2, -0.15) is 0 Å². The maximum atomic E-state index is 12.4. The van der Waals surface area contributed by atoms with E-state index < -0.39 is 17.2 Å². The number of amides is 1. The first kappa shape index (κ1) is 28.5. The van der Waals surface area contributed by atoms with Gasteiger partial charge in [0, 0.05) is 45.3 Å². The number of carbonyl (C=O) groups excluding carboxylic acids is 1. The quantitative estimate of drug-likeness (QED) is 0.284. The maximum absolute atomic E-state index is 12.4. The van der Waals surface area contributed by atoms with Gasteiger partial charge in [-0.3, -0.25) is 9.89 Å². The predicted molar refractivity (Wildman–Crippen MR) is 137 cm³/mol. The minimum Gasteiger partial charge on any atom is -0.444 e. The lowest BCUT2D eigenvalue weighted by molar-refractivity contribution is 0.0451. The van der Waals surface area contributed by atoms with Crippen LogP contribution in [0.15, 0.2) is 21.8 Å². The number of alkyl carbamates (subject to hydrolysis) is 1. The number of hydrogen-bond acceptors (Lipinski definition) is 6. The van der Waals surface area contributed by atoms with Gasteiger partial charge in [0.15, 0.2) is 5.96 Å². The Kier molecular flexibility index (Phi) is 11.8. The van der Waals surface area contributed by atoms with E-state index in [2.05, 4.69) is 46.4 Å². The highest BCUT2D eigenvalue weighted by atomic mass is 127. The third kappa shape index (κ3) is 9.13. The molecule has 1 aliphatic rings. The van der Waals surface area contributed by atoms with Crippen molar-refractivity contribution in [2.45, 2.75) is 72.1 Å². The van der Waals surface area contributed by atoms with Crippen molar-refractivity contribution in [1.29, 1.82) is 0 Å². The number of guanidine groups is 1. The third-order valence-electron chi connectivity index (χ3n) is 5.53. The van der Waals surface area contributed by atoms with E-state index in [1.807, 2.05) is 26.8 Å². The van der Waals surface area contributed by atoms with Gasteiger partial charge in [0.05, 0.1) is 17.8 Å². The zero-order valence-corrected chi connectivity index (χ0v) is 22.8. The predicted octanol–water partition coefficient (Wildman–Crippen LogP) is 3.46. The Morgan fingerprint density at radius 2 is 1.84 bits per heavy atom. The normalized spacial score (nSPS) is 15.8. The summed E-state index contributed by atoms with van der Waals surface area (Å²) < 4.78 is 10.4. The third-order valence-corrected chi connectivity index (χ3v) is 5.53. The molecule has 2 N–H and O–H groups in total. The summed E-state index contributed by atoms with van der Waals surface area (Å²) in [5.41, 5.74) is -0.00299. The van der Waals surface area contributed by atoms with E-state index in [0.717, 1.165) is 63.8 Å². The van der Waals surface area contributed by atoms with Crippen molar-refractivity contribution in [1.82, 2.24) is 25.6 Å². The summed E-state index contributed by atoms with van der Waals surface area (Å²) in [5.74, 6) is 0.890. The number of rotatable bonds is 8. The summed E-state index contributed by atoms with van der Waals surface area (Å²) in [6, 6.07) is 1.91. The lowest BCUT2D eigenvalue weighted by atomic mass is 9.93. The minimum absolute atomic E-state index is 0. The van der Waals surface area contributed by atoms with Crippen LogP contribution in [0, 0.1) is 0 Å². The van der Waals surface area contributed by atoms with E-state index in [1.165, 1.54) is 0 Å². The number of piperazine rings is 1. The first-order valence-electron chi connectivity index (χ1n) is 11.4. The fraction of sp³-hybridized carbons (Fsp3) is 0.773. The summed E-state index contributed by atoms with van der Waals surface area (Å²) in [5, 5.41) is 10.5. The molecule has 32 heavy (non-hydrogen) atoms. The molecule has 1 aromatic rings. The van der Waals surface area contributed by atoms with Gasteiger partial charge in [0.2, 0.25) is 0 Å². The van der Waals surface area contributed by atoms with Gasteiger partial charge in [-0.1, -0.05) is 19.0 Å². The number of nitrogens with zero attached hydrogens (tertiary/aromatic N) is 4. The first-order chi connectivity index (χ1) is 14.7. The Morgan fingerprint density at radius 3 is 2.34 bits per heavy atom. The fourth-order valence-electron chi connectivity index (χ4n) is 3.53. The van der Waals surface area contributed by atoms with Gasteiger partial charge >= 0.3 is 6.09 Å². The Hall–Kier alpha value is -1.56. The molecule has 1 aliphatic heterocycles. The number of ether oxygens (including phenoxy) is 1. The van der Waals surface area contributed by atoms with Crippen LogP contribution in [0.3, 0.4) is 0 Å². The van der Waals surface area contributed by atoms with Crippen molar-refractivity contribution in [3.63, 3.8) is 0 Å². The van der Waals surface area contributed by atoms with Crippen LogP contribution in [0.4, 0.5) is 4.79 Å². The molecule has 0 spiro atoms. The molecule has 1 saturated heterocycles. The summed E-state index contributed by atoms with van der Waals surface area (Å²) >= 11 is 0. The first-order valence-corrected chi connectivity index (χ1v) is 11.4. The summed E-state index contributed by atoms with van der Waals surface area (Å²) in [6.45, 7) is 17.6. The number of carbonyl (C=O) groups is 1. The van der Waals surface area contributed by atoms with E-state index in [1.54, 1.807) is 6.26 Å². The van der Waals surface area contributed by atoms with Crippen molar-refractivity contribution in [2.75, 3.05) is 39.3 Å². The average molecular weight is 565 g/mol. The standard InChI is InChI=1S/C22H40N6O3.HI/c1-7-22(8-2,25-20(29)31-21(4,5)6)17-24-19(23-9-3)28-13-11-27(12-14-28)16-18-10-15-30-26-18;/h10,15H,7-9,11-14,16-17H2,1-6H3,(H,23,24)(H,25,29);1H. The number of hydrogen-bond donors (Lipinski definition) is 2. The molecule has 1 amide bonds.